The highest BCUT2D eigenvalue weighted by Gasteiger charge is 2.51. The summed E-state index contributed by atoms with van der Waals surface area (Å²) in [5.41, 5.74) is 0.372. The van der Waals surface area contributed by atoms with Crippen LogP contribution in [0.4, 0.5) is 4.79 Å². The molecule has 1 saturated heterocycles. The summed E-state index contributed by atoms with van der Waals surface area (Å²) in [7, 11) is 1.56. The Morgan fingerprint density at radius 3 is 2.46 bits per heavy atom. The van der Waals surface area contributed by atoms with E-state index in [1.807, 2.05) is 43.3 Å². The van der Waals surface area contributed by atoms with E-state index >= 15 is 0 Å². The van der Waals surface area contributed by atoms with Crippen molar-refractivity contribution in [1.82, 2.24) is 15.5 Å². The molecule has 1 aliphatic rings. The third-order valence-electron chi connectivity index (χ3n) is 4.94. The van der Waals surface area contributed by atoms with Crippen molar-refractivity contribution in [3.05, 3.63) is 65.7 Å². The Morgan fingerprint density at radius 1 is 1.11 bits per heavy atom. The van der Waals surface area contributed by atoms with Crippen LogP contribution < -0.4 is 15.4 Å². The molecule has 1 atom stereocenters. The zero-order valence-electron chi connectivity index (χ0n) is 15.9. The molecule has 4 amide bonds. The average molecular weight is 381 g/mol. The topological polar surface area (TPSA) is 87.7 Å². The number of ether oxygens (including phenoxy) is 1. The number of rotatable bonds is 7. The van der Waals surface area contributed by atoms with E-state index in [9.17, 15) is 14.4 Å². The van der Waals surface area contributed by atoms with Crippen LogP contribution in [0.3, 0.4) is 0 Å². The van der Waals surface area contributed by atoms with E-state index in [4.69, 9.17) is 4.74 Å². The number of para-hydroxylation sites is 1. The number of nitrogens with zero attached hydrogens (tertiary/aromatic N) is 1. The van der Waals surface area contributed by atoms with Gasteiger partial charge in [-0.15, -0.1) is 0 Å². The fraction of sp³-hybridized carbons (Fsp3) is 0.286. The Bertz CT molecular complexity index is 884. The lowest BCUT2D eigenvalue weighted by atomic mass is 9.87. The van der Waals surface area contributed by atoms with Crippen molar-refractivity contribution in [3.63, 3.8) is 0 Å². The summed E-state index contributed by atoms with van der Waals surface area (Å²) >= 11 is 0. The predicted octanol–water partition coefficient (Wildman–Crippen LogP) is 2.17. The molecular weight excluding hydrogens is 358 g/mol. The highest BCUT2D eigenvalue weighted by Crippen LogP contribution is 2.32. The first-order valence-electron chi connectivity index (χ1n) is 9.10. The molecule has 0 saturated carbocycles. The van der Waals surface area contributed by atoms with Crippen molar-refractivity contribution < 1.29 is 19.1 Å². The van der Waals surface area contributed by atoms with Gasteiger partial charge in [-0.25, -0.2) is 4.79 Å². The monoisotopic (exact) mass is 381 g/mol. The standard InChI is InChI=1S/C21H23N3O4/c1-3-21(16-10-5-4-6-11-16)19(26)24(20(27)23-21)14-18(25)22-13-15-9-7-8-12-17(15)28-2/h4-12H,3,13-14H2,1-2H3,(H,22,25)(H,23,27)/t21-/m1/s1. The van der Waals surface area contributed by atoms with Crippen LogP contribution in [0.5, 0.6) is 5.75 Å². The molecule has 0 bridgehead atoms. The molecule has 1 heterocycles. The van der Waals surface area contributed by atoms with Crippen LogP contribution in [0.25, 0.3) is 0 Å². The van der Waals surface area contributed by atoms with Gasteiger partial charge in [0.25, 0.3) is 5.91 Å². The zero-order valence-corrected chi connectivity index (χ0v) is 15.9. The summed E-state index contributed by atoms with van der Waals surface area (Å²) < 4.78 is 5.26. The van der Waals surface area contributed by atoms with Gasteiger partial charge in [-0.1, -0.05) is 55.5 Å². The van der Waals surface area contributed by atoms with Gasteiger partial charge >= 0.3 is 6.03 Å². The van der Waals surface area contributed by atoms with Crippen LogP contribution in [0.2, 0.25) is 0 Å². The maximum absolute atomic E-state index is 13.0. The SMILES string of the molecule is CC[C@]1(c2ccccc2)NC(=O)N(CC(=O)NCc2ccccc2OC)C1=O. The largest absolute Gasteiger partial charge is 0.496 e. The molecule has 1 fully saturated rings. The molecule has 1 aliphatic heterocycles. The lowest BCUT2D eigenvalue weighted by Crippen LogP contribution is -2.44. The lowest BCUT2D eigenvalue weighted by molar-refractivity contribution is -0.135. The maximum atomic E-state index is 13.0. The highest BCUT2D eigenvalue weighted by molar-refractivity contribution is 6.09. The van der Waals surface area contributed by atoms with Gasteiger partial charge in [0.05, 0.1) is 7.11 Å². The molecule has 2 aromatic carbocycles. The van der Waals surface area contributed by atoms with E-state index < -0.39 is 23.4 Å². The summed E-state index contributed by atoms with van der Waals surface area (Å²) in [6, 6.07) is 15.8. The predicted molar refractivity (Wildman–Crippen MR) is 103 cm³/mol. The van der Waals surface area contributed by atoms with Gasteiger partial charge in [0, 0.05) is 12.1 Å². The van der Waals surface area contributed by atoms with E-state index in [1.54, 1.807) is 25.3 Å². The summed E-state index contributed by atoms with van der Waals surface area (Å²) in [5.74, 6) is -0.181. The second-order valence-electron chi connectivity index (χ2n) is 6.53. The number of imide groups is 1. The van der Waals surface area contributed by atoms with Crippen molar-refractivity contribution in [2.75, 3.05) is 13.7 Å². The molecular formula is C21H23N3O4. The number of hydrogen-bond acceptors (Lipinski definition) is 4. The molecule has 2 aromatic rings. The van der Waals surface area contributed by atoms with E-state index in [0.29, 0.717) is 17.7 Å². The zero-order chi connectivity index (χ0) is 20.1. The van der Waals surface area contributed by atoms with Crippen LogP contribution in [-0.2, 0) is 21.7 Å². The minimum atomic E-state index is -1.14. The molecule has 2 N–H and O–H groups in total. The Kier molecular flexibility index (Phi) is 5.63. The fourth-order valence-electron chi connectivity index (χ4n) is 3.37. The maximum Gasteiger partial charge on any atom is 0.325 e. The smallest absolute Gasteiger partial charge is 0.325 e. The molecule has 7 nitrogen and oxygen atoms in total. The van der Waals surface area contributed by atoms with Crippen LogP contribution in [0, 0.1) is 0 Å². The number of urea groups is 1. The van der Waals surface area contributed by atoms with Gasteiger partial charge in [0.15, 0.2) is 0 Å². The second-order valence-corrected chi connectivity index (χ2v) is 6.53. The quantitative estimate of drug-likeness (QED) is 0.720. The molecule has 28 heavy (non-hydrogen) atoms. The molecule has 0 spiro atoms. The number of carbonyl (C=O) groups excluding carboxylic acids is 3. The van der Waals surface area contributed by atoms with Crippen molar-refractivity contribution in [2.45, 2.75) is 25.4 Å². The average Bonchev–Trinajstić information content (AvgIpc) is 2.98. The van der Waals surface area contributed by atoms with E-state index in [0.717, 1.165) is 10.5 Å². The lowest BCUT2D eigenvalue weighted by Gasteiger charge is -2.25. The van der Waals surface area contributed by atoms with Gasteiger partial charge < -0.3 is 15.4 Å². The van der Waals surface area contributed by atoms with E-state index in [1.165, 1.54) is 0 Å². The first-order chi connectivity index (χ1) is 13.5. The summed E-state index contributed by atoms with van der Waals surface area (Å²) in [6.07, 6.45) is 0.390. The minimum Gasteiger partial charge on any atom is -0.496 e. The molecule has 3 rings (SSSR count). The van der Waals surface area contributed by atoms with Crippen molar-refractivity contribution in [3.8, 4) is 5.75 Å². The van der Waals surface area contributed by atoms with Crippen molar-refractivity contribution in [2.24, 2.45) is 0 Å². The highest BCUT2D eigenvalue weighted by atomic mass is 16.5. The molecule has 0 aliphatic carbocycles. The van der Waals surface area contributed by atoms with E-state index in [-0.39, 0.29) is 13.1 Å². The van der Waals surface area contributed by atoms with Crippen LogP contribution in [-0.4, -0.2) is 36.4 Å². The summed E-state index contributed by atoms with van der Waals surface area (Å²) in [5, 5.41) is 5.50. The van der Waals surface area contributed by atoms with Gasteiger partial charge in [-0.2, -0.15) is 0 Å². The van der Waals surface area contributed by atoms with Crippen LogP contribution in [0.1, 0.15) is 24.5 Å². The van der Waals surface area contributed by atoms with Crippen LogP contribution in [0.15, 0.2) is 54.6 Å². The summed E-state index contributed by atoms with van der Waals surface area (Å²) in [4.78, 5) is 38.8. The molecule has 0 radical (unpaired) electrons. The molecule has 0 unspecified atom stereocenters. The molecule has 146 valence electrons. The number of carbonyl (C=O) groups is 3. The Balaban J connectivity index is 1.69. The molecule has 0 aromatic heterocycles. The Hall–Kier alpha value is -3.35. The number of nitrogens with one attached hydrogen (secondary N) is 2. The van der Waals surface area contributed by atoms with Crippen molar-refractivity contribution in [1.29, 1.82) is 0 Å². The number of benzene rings is 2. The Labute approximate surface area is 163 Å². The minimum absolute atomic E-state index is 0.240. The van der Waals surface area contributed by atoms with Gasteiger partial charge in [0.1, 0.15) is 17.8 Å². The fourth-order valence-corrected chi connectivity index (χ4v) is 3.37. The number of amides is 4. The third-order valence-corrected chi connectivity index (χ3v) is 4.94. The van der Waals surface area contributed by atoms with Crippen molar-refractivity contribution >= 4 is 17.8 Å². The summed E-state index contributed by atoms with van der Waals surface area (Å²) in [6.45, 7) is 1.73. The van der Waals surface area contributed by atoms with E-state index in [2.05, 4.69) is 10.6 Å². The van der Waals surface area contributed by atoms with Crippen LogP contribution >= 0.6 is 0 Å². The number of hydrogen-bond donors (Lipinski definition) is 2. The normalized spacial score (nSPS) is 18.7. The molecule has 7 heteroatoms. The first-order valence-corrected chi connectivity index (χ1v) is 9.10. The number of methoxy groups -OCH3 is 1. The van der Waals surface area contributed by atoms with Gasteiger partial charge in [0.2, 0.25) is 5.91 Å². The Morgan fingerprint density at radius 2 is 1.79 bits per heavy atom. The van der Waals surface area contributed by atoms with Gasteiger partial charge in [-0.05, 0) is 18.1 Å². The second kappa shape index (κ2) is 8.12. The first kappa shape index (κ1) is 19.4. The van der Waals surface area contributed by atoms with Gasteiger partial charge in [-0.3, -0.25) is 14.5 Å². The third kappa shape index (κ3) is 3.55.